The van der Waals surface area contributed by atoms with E-state index in [1.165, 1.54) is 11.3 Å². The second kappa shape index (κ2) is 9.00. The van der Waals surface area contributed by atoms with Crippen LogP contribution in [0, 0.1) is 0 Å². The molecule has 0 atom stereocenters. The van der Waals surface area contributed by atoms with Crippen LogP contribution in [0.5, 0.6) is 5.75 Å². The second-order valence-electron chi connectivity index (χ2n) is 5.81. The molecule has 0 saturated heterocycles. The summed E-state index contributed by atoms with van der Waals surface area (Å²) in [7, 11) is 0. The van der Waals surface area contributed by atoms with Crippen molar-refractivity contribution in [3.63, 3.8) is 0 Å². The van der Waals surface area contributed by atoms with Gasteiger partial charge in [0.2, 0.25) is 5.91 Å². The monoisotopic (exact) mass is 380 g/mol. The Morgan fingerprint density at radius 3 is 2.37 bits per heavy atom. The fraction of sp³-hybridized carbons (Fsp3) is 0.143. The Bertz CT molecular complexity index is 905. The van der Waals surface area contributed by atoms with Gasteiger partial charge in [0.05, 0.1) is 17.9 Å². The molecular formula is C21H20N2O3S. The highest BCUT2D eigenvalue weighted by Gasteiger charge is 2.09. The lowest BCUT2D eigenvalue weighted by molar-refractivity contribution is -0.115. The van der Waals surface area contributed by atoms with Gasteiger partial charge in [-0.3, -0.25) is 9.59 Å². The largest absolute Gasteiger partial charge is 0.494 e. The van der Waals surface area contributed by atoms with Crippen LogP contribution in [-0.4, -0.2) is 18.4 Å². The number of hydrogen-bond donors (Lipinski definition) is 2. The van der Waals surface area contributed by atoms with E-state index in [1.54, 1.807) is 30.3 Å². The van der Waals surface area contributed by atoms with Gasteiger partial charge >= 0.3 is 0 Å². The molecular weight excluding hydrogens is 360 g/mol. The number of rotatable bonds is 7. The lowest BCUT2D eigenvalue weighted by Gasteiger charge is -2.09. The van der Waals surface area contributed by atoms with Crippen molar-refractivity contribution in [2.45, 2.75) is 13.3 Å². The van der Waals surface area contributed by atoms with Crippen molar-refractivity contribution in [2.24, 2.45) is 0 Å². The summed E-state index contributed by atoms with van der Waals surface area (Å²) in [6.07, 6.45) is 0.262. The minimum absolute atomic E-state index is 0.124. The summed E-state index contributed by atoms with van der Waals surface area (Å²) < 4.78 is 5.40. The molecule has 6 heteroatoms. The maximum Gasteiger partial charge on any atom is 0.265 e. The predicted molar refractivity (Wildman–Crippen MR) is 109 cm³/mol. The van der Waals surface area contributed by atoms with Gasteiger partial charge in [-0.25, -0.2) is 0 Å². The summed E-state index contributed by atoms with van der Waals surface area (Å²) in [4.78, 5) is 25.0. The number of amides is 2. The maximum atomic E-state index is 12.3. The van der Waals surface area contributed by atoms with Crippen LogP contribution in [0.3, 0.4) is 0 Å². The molecule has 1 aromatic heterocycles. The molecule has 0 unspecified atom stereocenters. The number of carbonyl (C=O) groups is 2. The van der Waals surface area contributed by atoms with E-state index in [-0.39, 0.29) is 18.2 Å². The van der Waals surface area contributed by atoms with Crippen LogP contribution in [0.1, 0.15) is 22.2 Å². The van der Waals surface area contributed by atoms with Crippen LogP contribution in [-0.2, 0) is 11.2 Å². The Morgan fingerprint density at radius 1 is 0.963 bits per heavy atom. The zero-order valence-electron chi connectivity index (χ0n) is 14.9. The van der Waals surface area contributed by atoms with Crippen molar-refractivity contribution in [2.75, 3.05) is 17.2 Å². The second-order valence-corrected chi connectivity index (χ2v) is 6.76. The molecule has 3 aromatic rings. The van der Waals surface area contributed by atoms with Crippen molar-refractivity contribution >= 4 is 34.5 Å². The molecule has 2 N–H and O–H groups in total. The van der Waals surface area contributed by atoms with Crippen molar-refractivity contribution in [3.8, 4) is 5.75 Å². The minimum Gasteiger partial charge on any atom is -0.494 e. The first kappa shape index (κ1) is 18.7. The fourth-order valence-corrected chi connectivity index (χ4v) is 3.15. The Hall–Kier alpha value is -3.12. The number of anilines is 2. The lowest BCUT2D eigenvalue weighted by atomic mass is 10.1. The number of hydrogen-bond acceptors (Lipinski definition) is 4. The highest BCUT2D eigenvalue weighted by atomic mass is 32.1. The van der Waals surface area contributed by atoms with E-state index in [2.05, 4.69) is 10.6 Å². The molecule has 0 bridgehead atoms. The van der Waals surface area contributed by atoms with Crippen molar-refractivity contribution < 1.29 is 14.3 Å². The van der Waals surface area contributed by atoms with Gasteiger partial charge in [0.1, 0.15) is 5.75 Å². The Morgan fingerprint density at radius 2 is 1.70 bits per heavy atom. The number of carbonyl (C=O) groups excluding carboxylic acids is 2. The van der Waals surface area contributed by atoms with Crippen molar-refractivity contribution in [1.82, 2.24) is 0 Å². The van der Waals surface area contributed by atoms with Crippen LogP contribution in [0.2, 0.25) is 0 Å². The van der Waals surface area contributed by atoms with Gasteiger partial charge in [-0.05, 0) is 54.3 Å². The molecule has 0 fully saturated rings. The molecule has 0 aliphatic heterocycles. The normalized spacial score (nSPS) is 10.3. The van der Waals surface area contributed by atoms with Crippen LogP contribution in [0.25, 0.3) is 0 Å². The third-order valence-electron chi connectivity index (χ3n) is 3.75. The van der Waals surface area contributed by atoms with E-state index in [0.29, 0.717) is 22.9 Å². The molecule has 3 rings (SSSR count). The number of benzene rings is 2. The average molecular weight is 380 g/mol. The summed E-state index contributed by atoms with van der Waals surface area (Å²) >= 11 is 1.38. The topological polar surface area (TPSA) is 67.4 Å². The molecule has 0 radical (unpaired) electrons. The van der Waals surface area contributed by atoms with E-state index in [0.717, 1.165) is 11.3 Å². The molecule has 27 heavy (non-hydrogen) atoms. The quantitative estimate of drug-likeness (QED) is 0.630. The maximum absolute atomic E-state index is 12.3. The van der Waals surface area contributed by atoms with Gasteiger partial charge in [0, 0.05) is 11.4 Å². The number of nitrogens with one attached hydrogen (secondary N) is 2. The first-order valence-electron chi connectivity index (χ1n) is 8.60. The zero-order valence-corrected chi connectivity index (χ0v) is 15.7. The first-order chi connectivity index (χ1) is 13.1. The third-order valence-corrected chi connectivity index (χ3v) is 4.62. The van der Waals surface area contributed by atoms with Gasteiger partial charge in [0.15, 0.2) is 0 Å². The highest BCUT2D eigenvalue weighted by molar-refractivity contribution is 7.12. The van der Waals surface area contributed by atoms with Gasteiger partial charge in [-0.1, -0.05) is 24.3 Å². The number of ether oxygens (including phenoxy) is 1. The van der Waals surface area contributed by atoms with E-state index in [9.17, 15) is 9.59 Å². The molecule has 2 amide bonds. The summed E-state index contributed by atoms with van der Waals surface area (Å²) in [6.45, 7) is 2.54. The van der Waals surface area contributed by atoms with Crippen molar-refractivity contribution in [3.05, 3.63) is 76.5 Å². The van der Waals surface area contributed by atoms with E-state index >= 15 is 0 Å². The van der Waals surface area contributed by atoms with Gasteiger partial charge in [-0.2, -0.15) is 0 Å². The number of thiophene rings is 1. The molecule has 0 aliphatic rings. The molecule has 0 aliphatic carbocycles. The SMILES string of the molecule is CCOc1ccc(CC(=O)Nc2cccc(NC(=O)c3cccs3)c2)cc1. The Balaban J connectivity index is 1.58. The molecule has 5 nitrogen and oxygen atoms in total. The molecule has 138 valence electrons. The van der Waals surface area contributed by atoms with Crippen LogP contribution in [0.4, 0.5) is 11.4 Å². The van der Waals surface area contributed by atoms with E-state index in [4.69, 9.17) is 4.74 Å². The lowest BCUT2D eigenvalue weighted by Crippen LogP contribution is -2.15. The molecule has 1 heterocycles. The van der Waals surface area contributed by atoms with Crippen LogP contribution < -0.4 is 15.4 Å². The molecule has 2 aromatic carbocycles. The summed E-state index contributed by atoms with van der Waals surface area (Å²) in [5.41, 5.74) is 2.17. The van der Waals surface area contributed by atoms with E-state index < -0.39 is 0 Å². The zero-order chi connectivity index (χ0) is 19.1. The van der Waals surface area contributed by atoms with Gasteiger partial charge in [-0.15, -0.1) is 11.3 Å². The molecule has 0 saturated carbocycles. The van der Waals surface area contributed by atoms with Gasteiger partial charge < -0.3 is 15.4 Å². The van der Waals surface area contributed by atoms with Crippen LogP contribution >= 0.6 is 11.3 Å². The molecule has 0 spiro atoms. The van der Waals surface area contributed by atoms with Crippen molar-refractivity contribution in [1.29, 1.82) is 0 Å². The highest BCUT2D eigenvalue weighted by Crippen LogP contribution is 2.18. The smallest absolute Gasteiger partial charge is 0.265 e. The van der Waals surface area contributed by atoms with Crippen LogP contribution in [0.15, 0.2) is 66.0 Å². The fourth-order valence-electron chi connectivity index (χ4n) is 2.54. The predicted octanol–water partition coefficient (Wildman–Crippen LogP) is 4.58. The average Bonchev–Trinajstić information content (AvgIpc) is 3.19. The summed E-state index contributed by atoms with van der Waals surface area (Å²) in [5.74, 6) is 0.500. The standard InChI is InChI=1S/C21H20N2O3S/c1-2-26-18-10-8-15(9-11-18)13-20(24)22-16-5-3-6-17(14-16)23-21(25)19-7-4-12-27-19/h3-12,14H,2,13H2,1H3,(H,22,24)(H,23,25). The third kappa shape index (κ3) is 5.43. The summed E-state index contributed by atoms with van der Waals surface area (Å²) in [5, 5.41) is 7.55. The Kier molecular flexibility index (Phi) is 6.22. The summed E-state index contributed by atoms with van der Waals surface area (Å²) in [6, 6.07) is 18.2. The first-order valence-corrected chi connectivity index (χ1v) is 9.48. The Labute approximate surface area is 162 Å². The van der Waals surface area contributed by atoms with E-state index in [1.807, 2.05) is 42.6 Å². The minimum atomic E-state index is -0.164. The van der Waals surface area contributed by atoms with Gasteiger partial charge in [0.25, 0.3) is 5.91 Å².